The first-order valence-corrected chi connectivity index (χ1v) is 7.96. The van der Waals surface area contributed by atoms with E-state index in [1.807, 2.05) is 18.2 Å². The topological polar surface area (TPSA) is 15.3 Å². The number of hydrogen-bond donors (Lipinski definition) is 1. The second-order valence-electron chi connectivity index (χ2n) is 5.91. The normalized spacial score (nSPS) is 14.8. The van der Waals surface area contributed by atoms with Crippen molar-refractivity contribution in [2.24, 2.45) is 5.92 Å². The van der Waals surface area contributed by atoms with Gasteiger partial charge in [0.05, 0.1) is 0 Å². The molecule has 0 bridgehead atoms. The maximum atomic E-state index is 6.34. The van der Waals surface area contributed by atoms with Crippen molar-refractivity contribution in [1.82, 2.24) is 10.2 Å². The zero-order valence-electron chi connectivity index (χ0n) is 13.1. The Bertz CT molecular complexity index is 419. The molecular weight excluding hydrogens is 291 g/mol. The Hall–Kier alpha value is -0.280. The molecule has 20 heavy (non-hydrogen) atoms. The van der Waals surface area contributed by atoms with E-state index in [4.69, 9.17) is 23.2 Å². The monoisotopic (exact) mass is 316 g/mol. The molecule has 4 heteroatoms. The first-order valence-electron chi connectivity index (χ1n) is 7.20. The summed E-state index contributed by atoms with van der Waals surface area (Å²) in [6, 6.07) is 6.44. The number of benzene rings is 1. The molecule has 2 nitrogen and oxygen atoms in total. The van der Waals surface area contributed by atoms with Gasteiger partial charge in [-0.25, -0.2) is 0 Å². The molecule has 0 aliphatic rings. The molecule has 0 saturated carbocycles. The van der Waals surface area contributed by atoms with Crippen LogP contribution in [0.4, 0.5) is 0 Å². The molecule has 1 aromatic rings. The lowest BCUT2D eigenvalue weighted by atomic mass is 9.98. The minimum absolute atomic E-state index is 0.257. The highest BCUT2D eigenvalue weighted by molar-refractivity contribution is 6.35. The van der Waals surface area contributed by atoms with E-state index in [2.05, 4.69) is 45.1 Å². The van der Waals surface area contributed by atoms with Crippen molar-refractivity contribution in [3.63, 3.8) is 0 Å². The molecule has 2 atom stereocenters. The second-order valence-corrected chi connectivity index (χ2v) is 6.75. The highest BCUT2D eigenvalue weighted by Gasteiger charge is 2.20. The van der Waals surface area contributed by atoms with E-state index in [0.717, 1.165) is 23.6 Å². The van der Waals surface area contributed by atoms with E-state index in [-0.39, 0.29) is 6.04 Å². The van der Waals surface area contributed by atoms with E-state index < -0.39 is 0 Å². The Kier molecular flexibility index (Phi) is 7.32. The second kappa shape index (κ2) is 8.23. The summed E-state index contributed by atoms with van der Waals surface area (Å²) < 4.78 is 0. The molecule has 0 saturated heterocycles. The molecule has 2 unspecified atom stereocenters. The average molecular weight is 317 g/mol. The predicted molar refractivity (Wildman–Crippen MR) is 89.8 cm³/mol. The van der Waals surface area contributed by atoms with Crippen molar-refractivity contribution >= 4 is 23.2 Å². The molecule has 0 aromatic heterocycles. The van der Waals surface area contributed by atoms with Crippen molar-refractivity contribution in [1.29, 1.82) is 0 Å². The van der Waals surface area contributed by atoms with Crippen LogP contribution in [0, 0.1) is 5.92 Å². The van der Waals surface area contributed by atoms with Gasteiger partial charge in [0, 0.05) is 28.7 Å². The maximum absolute atomic E-state index is 6.34. The first kappa shape index (κ1) is 17.8. The SMILES string of the molecule is CCC(NC(CN(C)C)C(C)C)c1ccc(Cl)cc1Cl. The van der Waals surface area contributed by atoms with Crippen LogP contribution in [0.25, 0.3) is 0 Å². The van der Waals surface area contributed by atoms with E-state index in [0.29, 0.717) is 17.0 Å². The van der Waals surface area contributed by atoms with Gasteiger partial charge in [-0.05, 0) is 44.1 Å². The zero-order chi connectivity index (χ0) is 15.3. The number of rotatable bonds is 7. The first-order chi connectivity index (χ1) is 9.35. The molecular formula is C16H26Cl2N2. The standard InChI is InChI=1S/C16H26Cl2N2/c1-6-15(13-8-7-12(17)9-14(13)18)19-16(11(2)3)10-20(4)5/h7-9,11,15-16,19H,6,10H2,1-5H3. The van der Waals surface area contributed by atoms with Crippen molar-refractivity contribution in [2.45, 2.75) is 39.3 Å². The lowest BCUT2D eigenvalue weighted by molar-refractivity contribution is 0.267. The highest BCUT2D eigenvalue weighted by atomic mass is 35.5. The minimum atomic E-state index is 0.257. The summed E-state index contributed by atoms with van der Waals surface area (Å²) in [6.07, 6.45) is 0.998. The Labute approximate surface area is 133 Å². The van der Waals surface area contributed by atoms with Crippen molar-refractivity contribution in [3.05, 3.63) is 33.8 Å². The highest BCUT2D eigenvalue weighted by Crippen LogP contribution is 2.28. The molecule has 0 radical (unpaired) electrons. The summed E-state index contributed by atoms with van der Waals surface area (Å²) in [6.45, 7) is 7.68. The lowest BCUT2D eigenvalue weighted by Crippen LogP contribution is -2.43. The number of hydrogen-bond acceptors (Lipinski definition) is 2. The van der Waals surface area contributed by atoms with Gasteiger partial charge in [0.2, 0.25) is 0 Å². The minimum Gasteiger partial charge on any atom is -0.308 e. The third kappa shape index (κ3) is 5.25. The number of nitrogens with zero attached hydrogens (tertiary/aromatic N) is 1. The number of likely N-dealkylation sites (N-methyl/N-ethyl adjacent to an activating group) is 1. The number of halogens is 2. The largest absolute Gasteiger partial charge is 0.308 e. The predicted octanol–water partition coefficient (Wildman–Crippen LogP) is 4.62. The van der Waals surface area contributed by atoms with Gasteiger partial charge >= 0.3 is 0 Å². The Balaban J connectivity index is 2.89. The smallest absolute Gasteiger partial charge is 0.0468 e. The average Bonchev–Trinajstić information content (AvgIpc) is 2.34. The van der Waals surface area contributed by atoms with Gasteiger partial charge in [-0.1, -0.05) is 50.0 Å². The fraction of sp³-hybridized carbons (Fsp3) is 0.625. The van der Waals surface area contributed by atoms with Crippen LogP contribution < -0.4 is 5.32 Å². The third-order valence-corrected chi connectivity index (χ3v) is 4.09. The van der Waals surface area contributed by atoms with Gasteiger partial charge < -0.3 is 10.2 Å². The van der Waals surface area contributed by atoms with Crippen LogP contribution in [0.5, 0.6) is 0 Å². The Morgan fingerprint density at radius 2 is 1.85 bits per heavy atom. The van der Waals surface area contributed by atoms with Crippen LogP contribution in [-0.4, -0.2) is 31.6 Å². The van der Waals surface area contributed by atoms with Crippen LogP contribution in [0.15, 0.2) is 18.2 Å². The molecule has 0 heterocycles. The molecule has 1 aromatic carbocycles. The van der Waals surface area contributed by atoms with Crippen LogP contribution >= 0.6 is 23.2 Å². The molecule has 0 fully saturated rings. The van der Waals surface area contributed by atoms with Gasteiger partial charge in [-0.3, -0.25) is 0 Å². The molecule has 1 rings (SSSR count). The van der Waals surface area contributed by atoms with Crippen molar-refractivity contribution in [2.75, 3.05) is 20.6 Å². The van der Waals surface area contributed by atoms with E-state index in [1.165, 1.54) is 0 Å². The fourth-order valence-corrected chi connectivity index (χ4v) is 2.86. The molecule has 0 amide bonds. The molecule has 1 N–H and O–H groups in total. The molecule has 0 aliphatic heterocycles. The summed E-state index contributed by atoms with van der Waals surface area (Å²) in [4.78, 5) is 2.22. The maximum Gasteiger partial charge on any atom is 0.0468 e. The van der Waals surface area contributed by atoms with Crippen molar-refractivity contribution in [3.8, 4) is 0 Å². The third-order valence-electron chi connectivity index (χ3n) is 3.53. The fourth-order valence-electron chi connectivity index (χ4n) is 2.32. The summed E-state index contributed by atoms with van der Waals surface area (Å²) >= 11 is 12.3. The Morgan fingerprint density at radius 3 is 2.30 bits per heavy atom. The lowest BCUT2D eigenvalue weighted by Gasteiger charge is -2.30. The van der Waals surface area contributed by atoms with E-state index in [9.17, 15) is 0 Å². The van der Waals surface area contributed by atoms with E-state index >= 15 is 0 Å². The number of nitrogens with one attached hydrogen (secondary N) is 1. The molecule has 0 spiro atoms. The van der Waals surface area contributed by atoms with E-state index in [1.54, 1.807) is 0 Å². The molecule has 0 aliphatic carbocycles. The summed E-state index contributed by atoms with van der Waals surface area (Å²) in [5, 5.41) is 5.16. The quantitative estimate of drug-likeness (QED) is 0.789. The van der Waals surface area contributed by atoms with Gasteiger partial charge in [0.15, 0.2) is 0 Å². The van der Waals surface area contributed by atoms with Crippen LogP contribution in [0.3, 0.4) is 0 Å². The van der Waals surface area contributed by atoms with Crippen LogP contribution in [0.1, 0.15) is 38.8 Å². The van der Waals surface area contributed by atoms with Crippen LogP contribution in [0.2, 0.25) is 10.0 Å². The summed E-state index contributed by atoms with van der Waals surface area (Å²) in [5.41, 5.74) is 1.13. The van der Waals surface area contributed by atoms with Crippen molar-refractivity contribution < 1.29 is 0 Å². The summed E-state index contributed by atoms with van der Waals surface area (Å²) in [7, 11) is 4.21. The summed E-state index contributed by atoms with van der Waals surface area (Å²) in [5.74, 6) is 0.567. The van der Waals surface area contributed by atoms with Gasteiger partial charge in [0.1, 0.15) is 0 Å². The van der Waals surface area contributed by atoms with Crippen LogP contribution in [-0.2, 0) is 0 Å². The van der Waals surface area contributed by atoms with Gasteiger partial charge in [-0.2, -0.15) is 0 Å². The van der Waals surface area contributed by atoms with Gasteiger partial charge in [0.25, 0.3) is 0 Å². The zero-order valence-corrected chi connectivity index (χ0v) is 14.6. The molecule has 114 valence electrons. The Morgan fingerprint density at radius 1 is 1.20 bits per heavy atom. The van der Waals surface area contributed by atoms with Gasteiger partial charge in [-0.15, -0.1) is 0 Å².